The highest BCUT2D eigenvalue weighted by Gasteiger charge is 2.43. The van der Waals surface area contributed by atoms with Crippen LogP contribution in [0.25, 0.3) is 0 Å². The van der Waals surface area contributed by atoms with Gasteiger partial charge in [-0.1, -0.05) is 19.4 Å². The Hall–Kier alpha value is -3.81. The molecular formula is C28H35F4N5O5. The number of aromatic amines is 1. The summed E-state index contributed by atoms with van der Waals surface area (Å²) in [7, 11) is 0. The summed E-state index contributed by atoms with van der Waals surface area (Å²) >= 11 is 0. The number of nitrogens with one attached hydrogen (secondary N) is 2. The maximum atomic E-state index is 14.7. The molecule has 0 radical (unpaired) electrons. The lowest BCUT2D eigenvalue weighted by molar-refractivity contribution is -0.192. The monoisotopic (exact) mass is 597 g/mol. The zero-order valence-corrected chi connectivity index (χ0v) is 23.7. The molecule has 2 aromatic rings. The number of benzene rings is 1. The number of carbonyl (C=O) groups is 3. The Labute approximate surface area is 240 Å². The van der Waals surface area contributed by atoms with Gasteiger partial charge in [-0.15, -0.1) is 0 Å². The van der Waals surface area contributed by atoms with Gasteiger partial charge in [0.05, 0.1) is 16.8 Å². The first-order valence-electron chi connectivity index (χ1n) is 13.7. The fraction of sp³-hybridized carbons (Fsp3) is 0.536. The highest BCUT2D eigenvalue weighted by atomic mass is 19.4. The number of amides is 2. The Kier molecular flexibility index (Phi) is 10.5. The third kappa shape index (κ3) is 7.52. The Morgan fingerprint density at radius 3 is 2.24 bits per heavy atom. The van der Waals surface area contributed by atoms with Crippen molar-refractivity contribution in [3.63, 3.8) is 0 Å². The normalized spacial score (nSPS) is 18.8. The second-order valence-corrected chi connectivity index (χ2v) is 10.5. The van der Waals surface area contributed by atoms with Gasteiger partial charge in [0, 0.05) is 38.2 Å². The van der Waals surface area contributed by atoms with E-state index >= 15 is 0 Å². The van der Waals surface area contributed by atoms with Crippen molar-refractivity contribution in [1.82, 2.24) is 25.3 Å². The lowest BCUT2D eigenvalue weighted by Gasteiger charge is -2.40. The number of rotatable bonds is 6. The minimum Gasteiger partial charge on any atom is -0.475 e. The van der Waals surface area contributed by atoms with Crippen molar-refractivity contribution in [1.29, 1.82) is 0 Å². The fourth-order valence-corrected chi connectivity index (χ4v) is 5.21. The summed E-state index contributed by atoms with van der Waals surface area (Å²) < 4.78 is 46.4. The fourth-order valence-electron chi connectivity index (χ4n) is 5.21. The Bertz CT molecular complexity index is 1360. The Morgan fingerprint density at radius 2 is 1.69 bits per heavy atom. The maximum Gasteiger partial charge on any atom is 0.490 e. The van der Waals surface area contributed by atoms with Crippen LogP contribution in [0.5, 0.6) is 0 Å². The standard InChI is InChI=1S/C26H34FN5O3.C2HF3O2/c1-4-8-26(9-5-10-28-26)25(35)32-13-11-31(12-14-32)24(34)20-15-19(6-7-21(20)27)16-22-17(2)18(3)23(33)30-29-22;3-2(4,5)1(6)7/h6-7,15,28H,4-5,8-14,16H2,1-3H3,(H,30,33);(H,6,7). The van der Waals surface area contributed by atoms with Crippen LogP contribution in [0, 0.1) is 19.7 Å². The van der Waals surface area contributed by atoms with Crippen LogP contribution in [0.15, 0.2) is 23.0 Å². The largest absolute Gasteiger partial charge is 0.490 e. The number of halogens is 4. The topological polar surface area (TPSA) is 136 Å². The average Bonchev–Trinajstić information content (AvgIpc) is 3.43. The molecule has 2 aliphatic heterocycles. The van der Waals surface area contributed by atoms with Crippen LogP contribution in [-0.4, -0.2) is 87.3 Å². The predicted molar refractivity (Wildman–Crippen MR) is 145 cm³/mol. The van der Waals surface area contributed by atoms with E-state index in [1.54, 1.807) is 24.0 Å². The summed E-state index contributed by atoms with van der Waals surface area (Å²) in [6, 6.07) is 4.50. The van der Waals surface area contributed by atoms with Crippen molar-refractivity contribution in [3.8, 4) is 0 Å². The smallest absolute Gasteiger partial charge is 0.475 e. The molecule has 3 N–H and O–H groups in total. The van der Waals surface area contributed by atoms with Gasteiger partial charge in [0.1, 0.15) is 5.82 Å². The van der Waals surface area contributed by atoms with E-state index in [1.807, 2.05) is 11.8 Å². The van der Waals surface area contributed by atoms with Gasteiger partial charge in [0.25, 0.3) is 11.5 Å². The molecule has 1 aromatic heterocycles. The maximum absolute atomic E-state index is 14.7. The van der Waals surface area contributed by atoms with Crippen molar-refractivity contribution < 1.29 is 37.1 Å². The first kappa shape index (κ1) is 32.7. The number of hydrogen-bond donors (Lipinski definition) is 3. The van der Waals surface area contributed by atoms with E-state index in [-0.39, 0.29) is 22.9 Å². The molecule has 0 saturated carbocycles. The molecule has 2 fully saturated rings. The number of H-pyrrole nitrogens is 1. The molecular weight excluding hydrogens is 562 g/mol. The van der Waals surface area contributed by atoms with Crippen LogP contribution in [0.2, 0.25) is 0 Å². The molecule has 2 saturated heterocycles. The van der Waals surface area contributed by atoms with E-state index in [1.165, 1.54) is 6.07 Å². The second kappa shape index (κ2) is 13.4. The summed E-state index contributed by atoms with van der Waals surface area (Å²) in [6.45, 7) is 8.13. The van der Waals surface area contributed by atoms with Crippen LogP contribution < -0.4 is 10.9 Å². The second-order valence-electron chi connectivity index (χ2n) is 10.5. The highest BCUT2D eigenvalue weighted by Crippen LogP contribution is 2.28. The third-order valence-electron chi connectivity index (χ3n) is 7.69. The molecule has 0 bridgehead atoms. The minimum atomic E-state index is -5.08. The molecule has 2 amide bonds. The molecule has 0 aliphatic carbocycles. The molecule has 1 unspecified atom stereocenters. The van der Waals surface area contributed by atoms with Crippen molar-refractivity contribution in [2.75, 3.05) is 32.7 Å². The van der Waals surface area contributed by atoms with Crippen molar-refractivity contribution in [2.24, 2.45) is 0 Å². The zero-order valence-electron chi connectivity index (χ0n) is 23.7. The highest BCUT2D eigenvalue weighted by molar-refractivity contribution is 5.95. The van der Waals surface area contributed by atoms with Gasteiger partial charge in [-0.2, -0.15) is 18.3 Å². The minimum absolute atomic E-state index is 0.0148. The van der Waals surface area contributed by atoms with E-state index in [0.717, 1.165) is 43.4 Å². The van der Waals surface area contributed by atoms with Crippen LogP contribution in [0.4, 0.5) is 17.6 Å². The van der Waals surface area contributed by atoms with Gasteiger partial charge in [0.2, 0.25) is 5.91 Å². The predicted octanol–water partition coefficient (Wildman–Crippen LogP) is 2.96. The molecule has 42 heavy (non-hydrogen) atoms. The lowest BCUT2D eigenvalue weighted by atomic mass is 9.90. The van der Waals surface area contributed by atoms with Gasteiger partial charge in [-0.3, -0.25) is 14.4 Å². The van der Waals surface area contributed by atoms with Crippen LogP contribution in [0.1, 0.15) is 65.3 Å². The number of hydrogen-bond acceptors (Lipinski definition) is 6. The summed E-state index contributed by atoms with van der Waals surface area (Å²) in [5.74, 6) is -3.58. The van der Waals surface area contributed by atoms with Gasteiger partial charge in [-0.05, 0) is 62.9 Å². The van der Waals surface area contributed by atoms with E-state index in [4.69, 9.17) is 9.90 Å². The van der Waals surface area contributed by atoms with Crippen LogP contribution >= 0.6 is 0 Å². The molecule has 1 atom stereocenters. The Balaban J connectivity index is 0.000000616. The SMILES string of the molecule is CCCC1(C(=O)N2CCN(C(=O)c3cc(Cc4n[nH]c(=O)c(C)c4C)ccc3F)CC2)CCCN1.O=C(O)C(F)(F)F. The third-order valence-corrected chi connectivity index (χ3v) is 7.69. The van der Waals surface area contributed by atoms with E-state index < -0.39 is 23.5 Å². The molecule has 4 rings (SSSR count). The van der Waals surface area contributed by atoms with Gasteiger partial charge >= 0.3 is 12.1 Å². The number of alkyl halides is 3. The van der Waals surface area contributed by atoms with Crippen molar-refractivity contribution in [3.05, 3.63) is 62.3 Å². The number of carboxylic acids is 1. The van der Waals surface area contributed by atoms with Crippen molar-refractivity contribution >= 4 is 17.8 Å². The van der Waals surface area contributed by atoms with E-state index in [0.29, 0.717) is 43.9 Å². The number of carbonyl (C=O) groups excluding carboxylic acids is 2. The molecule has 3 heterocycles. The molecule has 2 aliphatic rings. The molecule has 230 valence electrons. The molecule has 0 spiro atoms. The first-order chi connectivity index (χ1) is 19.7. The zero-order chi connectivity index (χ0) is 31.2. The molecule has 10 nitrogen and oxygen atoms in total. The average molecular weight is 598 g/mol. The lowest BCUT2D eigenvalue weighted by Crippen LogP contribution is -2.59. The number of aromatic nitrogens is 2. The van der Waals surface area contributed by atoms with Crippen LogP contribution in [-0.2, 0) is 16.0 Å². The summed E-state index contributed by atoms with van der Waals surface area (Å²) in [4.78, 5) is 50.6. The van der Waals surface area contributed by atoms with E-state index in [9.17, 15) is 31.9 Å². The summed E-state index contributed by atoms with van der Waals surface area (Å²) in [6.07, 6.45) is -1.13. The summed E-state index contributed by atoms with van der Waals surface area (Å²) in [5, 5.41) is 17.2. The first-order valence-corrected chi connectivity index (χ1v) is 13.7. The number of carboxylic acid groups (broad SMARTS) is 1. The van der Waals surface area contributed by atoms with Gasteiger partial charge in [0.15, 0.2) is 0 Å². The number of aliphatic carboxylic acids is 1. The summed E-state index contributed by atoms with van der Waals surface area (Å²) in [5.41, 5.74) is 2.09. The molecule has 14 heteroatoms. The number of nitrogens with zero attached hydrogens (tertiary/aromatic N) is 3. The number of piperazine rings is 1. The van der Waals surface area contributed by atoms with Gasteiger partial charge in [-0.25, -0.2) is 14.3 Å². The quantitative estimate of drug-likeness (QED) is 0.436. The molecule has 1 aromatic carbocycles. The van der Waals surface area contributed by atoms with Gasteiger partial charge < -0.3 is 20.2 Å². The Morgan fingerprint density at radius 1 is 1.07 bits per heavy atom. The van der Waals surface area contributed by atoms with Crippen LogP contribution in [0.3, 0.4) is 0 Å². The van der Waals surface area contributed by atoms with Crippen molar-refractivity contribution in [2.45, 2.75) is 64.6 Å². The van der Waals surface area contributed by atoms with E-state index in [2.05, 4.69) is 22.4 Å².